The summed E-state index contributed by atoms with van der Waals surface area (Å²) in [7, 11) is 0. The minimum atomic E-state index is -2.03. The van der Waals surface area contributed by atoms with E-state index in [-0.39, 0.29) is 11.1 Å². The number of fused-ring (bicyclic) bond motifs is 1. The lowest BCUT2D eigenvalue weighted by atomic mass is 9.98. The Hall–Kier alpha value is -3.87. The number of ether oxygens (including phenoxy) is 6. The topological polar surface area (TPSA) is 328 Å². The van der Waals surface area contributed by atoms with E-state index in [1.54, 1.807) is 0 Å². The monoisotopic (exact) mass is 742 g/mol. The van der Waals surface area contributed by atoms with Crippen molar-refractivity contribution in [2.75, 3.05) is 13.2 Å². The first-order valence-corrected chi connectivity index (χ1v) is 15.9. The van der Waals surface area contributed by atoms with Crippen LogP contribution >= 0.6 is 0 Å². The van der Waals surface area contributed by atoms with Crippen LogP contribution < -0.4 is 10.2 Å². The van der Waals surface area contributed by atoms with Crippen LogP contribution in [0.15, 0.2) is 39.5 Å². The van der Waals surface area contributed by atoms with Gasteiger partial charge in [0.15, 0.2) is 29.8 Å². The summed E-state index contributed by atoms with van der Waals surface area (Å²) in [6.45, 7) is 0.0474. The summed E-state index contributed by atoms with van der Waals surface area (Å²) in [5.74, 6) is -3.51. The normalized spacial score (nSPS) is 36.6. The van der Waals surface area contributed by atoms with Crippen LogP contribution in [-0.2, 0) is 23.7 Å². The van der Waals surface area contributed by atoms with Crippen LogP contribution in [0.4, 0.5) is 0 Å². The van der Waals surface area contributed by atoms with Gasteiger partial charge in [-0.05, 0) is 25.1 Å². The minimum absolute atomic E-state index is 0.0636. The van der Waals surface area contributed by atoms with Crippen LogP contribution in [0.1, 0.15) is 6.92 Å². The summed E-state index contributed by atoms with van der Waals surface area (Å²) in [4.78, 5) is 13.7. The third kappa shape index (κ3) is 6.97. The van der Waals surface area contributed by atoms with Crippen molar-refractivity contribution in [1.29, 1.82) is 0 Å². The second-order valence-electron chi connectivity index (χ2n) is 12.6. The molecule has 12 N–H and O–H groups in total. The molecule has 286 valence electrons. The molecule has 0 bridgehead atoms. The minimum Gasteiger partial charge on any atom is -0.508 e. The van der Waals surface area contributed by atoms with Gasteiger partial charge in [0.1, 0.15) is 83.5 Å². The lowest BCUT2D eigenvalue weighted by Gasteiger charge is -2.43. The van der Waals surface area contributed by atoms with E-state index in [2.05, 4.69) is 0 Å². The summed E-state index contributed by atoms with van der Waals surface area (Å²) in [6, 6.07) is 5.15. The van der Waals surface area contributed by atoms with Crippen molar-refractivity contribution in [2.45, 2.75) is 92.9 Å². The van der Waals surface area contributed by atoms with Crippen molar-refractivity contribution in [3.05, 3.63) is 40.6 Å². The average molecular weight is 743 g/mol. The number of phenols is 4. The molecule has 3 aliphatic heterocycles. The second-order valence-corrected chi connectivity index (χ2v) is 12.6. The molecule has 3 saturated heterocycles. The third-order valence-corrected chi connectivity index (χ3v) is 9.05. The third-order valence-electron chi connectivity index (χ3n) is 9.05. The Labute approximate surface area is 292 Å². The van der Waals surface area contributed by atoms with Gasteiger partial charge in [0.2, 0.25) is 17.5 Å². The molecule has 0 spiro atoms. The Balaban J connectivity index is 1.24. The molecule has 6 rings (SSSR count). The van der Waals surface area contributed by atoms with Crippen molar-refractivity contribution < 1.29 is 94.1 Å². The summed E-state index contributed by atoms with van der Waals surface area (Å²) < 4.78 is 39.2. The van der Waals surface area contributed by atoms with Crippen molar-refractivity contribution in [1.82, 2.24) is 0 Å². The van der Waals surface area contributed by atoms with Gasteiger partial charge in [-0.15, -0.1) is 0 Å². The first-order chi connectivity index (χ1) is 24.6. The molecular weight excluding hydrogens is 704 g/mol. The van der Waals surface area contributed by atoms with Gasteiger partial charge >= 0.3 is 0 Å². The van der Waals surface area contributed by atoms with E-state index >= 15 is 0 Å². The quantitative estimate of drug-likeness (QED) is 0.0959. The number of aromatic hydroxyl groups is 4. The molecule has 52 heavy (non-hydrogen) atoms. The molecule has 3 fully saturated rings. The van der Waals surface area contributed by atoms with E-state index in [1.165, 1.54) is 13.0 Å². The van der Waals surface area contributed by atoms with E-state index in [1.807, 2.05) is 0 Å². The zero-order valence-corrected chi connectivity index (χ0v) is 27.0. The van der Waals surface area contributed by atoms with Gasteiger partial charge in [0, 0.05) is 17.7 Å². The van der Waals surface area contributed by atoms with E-state index in [0.29, 0.717) is 0 Å². The fraction of sp³-hybridized carbons (Fsp3) is 0.531. The molecule has 1 aromatic heterocycles. The number of hydrogen-bond acceptors (Lipinski definition) is 20. The van der Waals surface area contributed by atoms with Crippen molar-refractivity contribution >= 4 is 11.0 Å². The van der Waals surface area contributed by atoms with Crippen LogP contribution in [0.3, 0.4) is 0 Å². The second kappa shape index (κ2) is 14.9. The highest BCUT2D eigenvalue weighted by Gasteiger charge is 2.51. The number of rotatable bonds is 9. The van der Waals surface area contributed by atoms with Gasteiger partial charge in [-0.2, -0.15) is 0 Å². The lowest BCUT2D eigenvalue weighted by molar-refractivity contribution is -0.337. The molecule has 20 nitrogen and oxygen atoms in total. The van der Waals surface area contributed by atoms with Gasteiger partial charge in [0.05, 0.1) is 19.3 Å². The highest BCUT2D eigenvalue weighted by Crippen LogP contribution is 2.40. The summed E-state index contributed by atoms with van der Waals surface area (Å²) in [5, 5.41) is 124. The van der Waals surface area contributed by atoms with Crippen molar-refractivity contribution in [3.63, 3.8) is 0 Å². The molecule has 0 radical (unpaired) electrons. The molecule has 0 saturated carbocycles. The van der Waals surface area contributed by atoms with Crippen LogP contribution in [-0.4, -0.2) is 161 Å². The maximum atomic E-state index is 13.7. The smallest absolute Gasteiger partial charge is 0.239 e. The predicted molar refractivity (Wildman–Crippen MR) is 167 cm³/mol. The van der Waals surface area contributed by atoms with Gasteiger partial charge in [0.25, 0.3) is 0 Å². The standard InChI is InChI=1S/C32H38O20/c1-9-19(38)28(51-31-24(43)20(39)16(7-33)49-31)26(45)30(47-9)46-8-17-21(40)23(42)25(44)32(50-17)52-29-22(41)18-14(37)5-11(34)6-15(18)48-27(29)10-2-3-12(35)13(36)4-10/h2-6,9,16-17,19-21,23-26,28,30-40,42-45H,7-8H2,1H3. The van der Waals surface area contributed by atoms with Crippen LogP contribution in [0, 0.1) is 0 Å². The fourth-order valence-corrected chi connectivity index (χ4v) is 6.12. The van der Waals surface area contributed by atoms with Gasteiger partial charge < -0.3 is 94.1 Å². The SMILES string of the molecule is CC1OC(OCC2OC(Oc3c(-c4ccc(O)c(O)c4)oc4cc(O)cc(O)c4c3=O)C(O)C(O)C2O)C(O)C(OC2OC(CO)C(O)C2O)C1O. The van der Waals surface area contributed by atoms with Crippen molar-refractivity contribution in [3.8, 4) is 40.1 Å². The molecule has 20 heteroatoms. The molecule has 14 unspecified atom stereocenters. The predicted octanol–water partition coefficient (Wildman–Crippen LogP) is -3.22. The van der Waals surface area contributed by atoms with Crippen LogP contribution in [0.2, 0.25) is 0 Å². The van der Waals surface area contributed by atoms with E-state index in [9.17, 15) is 66.1 Å². The highest BCUT2D eigenvalue weighted by atomic mass is 16.7. The fourth-order valence-electron chi connectivity index (χ4n) is 6.12. The van der Waals surface area contributed by atoms with Crippen LogP contribution in [0.5, 0.6) is 28.7 Å². The molecule has 14 atom stereocenters. The first kappa shape index (κ1) is 37.9. The zero-order valence-electron chi connectivity index (χ0n) is 27.0. The summed E-state index contributed by atoms with van der Waals surface area (Å²) in [6.07, 6.45) is -22.9. The number of benzene rings is 2. The molecule has 0 aliphatic carbocycles. The summed E-state index contributed by atoms with van der Waals surface area (Å²) in [5.41, 5.74) is -1.45. The van der Waals surface area contributed by atoms with E-state index in [4.69, 9.17) is 32.8 Å². The Morgan fingerprint density at radius 2 is 1.37 bits per heavy atom. The number of aliphatic hydroxyl groups is 8. The first-order valence-electron chi connectivity index (χ1n) is 15.9. The molecular formula is C32H38O20. The molecule has 4 heterocycles. The highest BCUT2D eigenvalue weighted by molar-refractivity contribution is 5.88. The van der Waals surface area contributed by atoms with Crippen LogP contribution in [0.25, 0.3) is 22.3 Å². The largest absolute Gasteiger partial charge is 0.508 e. The lowest BCUT2D eigenvalue weighted by Crippen LogP contribution is -2.62. The molecule has 3 aromatic rings. The average Bonchev–Trinajstić information content (AvgIpc) is 3.37. The number of aliphatic hydroxyl groups excluding tert-OH is 8. The maximum absolute atomic E-state index is 13.7. The molecule has 2 aromatic carbocycles. The van der Waals surface area contributed by atoms with Gasteiger partial charge in [-0.25, -0.2) is 0 Å². The van der Waals surface area contributed by atoms with Gasteiger partial charge in [-0.3, -0.25) is 4.79 Å². The Morgan fingerprint density at radius 1 is 0.692 bits per heavy atom. The molecule has 0 amide bonds. The molecule has 3 aliphatic rings. The zero-order chi connectivity index (χ0) is 37.8. The number of phenolic OH excluding ortho intramolecular Hbond substituents is 4. The Morgan fingerprint density at radius 3 is 2.04 bits per heavy atom. The summed E-state index contributed by atoms with van der Waals surface area (Å²) >= 11 is 0. The van der Waals surface area contributed by atoms with Gasteiger partial charge in [-0.1, -0.05) is 0 Å². The Bertz CT molecular complexity index is 1800. The number of hydrogen-bond donors (Lipinski definition) is 12. The van der Waals surface area contributed by atoms with E-state index < -0.39 is 145 Å². The van der Waals surface area contributed by atoms with Crippen molar-refractivity contribution in [2.24, 2.45) is 0 Å². The van der Waals surface area contributed by atoms with E-state index in [0.717, 1.165) is 24.3 Å². The maximum Gasteiger partial charge on any atom is 0.239 e. The Kier molecular flexibility index (Phi) is 10.8.